The van der Waals surface area contributed by atoms with Crippen LogP contribution >= 0.6 is 39.3 Å². The standard InChI is InChI=1S/C16H12BrClN2O2S/c17-9-1-2-12-10(5-9)16(3-4-23-8-15(21)20-16)11-6-14(18)19-7-13(11)22-12/h1-2,5-7H,3-4,8H2,(H,20,21)/t16-/m0/s1. The molecule has 1 saturated heterocycles. The van der Waals surface area contributed by atoms with Gasteiger partial charge in [-0.2, -0.15) is 11.8 Å². The van der Waals surface area contributed by atoms with Gasteiger partial charge in [-0.25, -0.2) is 4.98 Å². The molecule has 4 rings (SSSR count). The Morgan fingerprint density at radius 2 is 2.13 bits per heavy atom. The minimum Gasteiger partial charge on any atom is -0.455 e. The molecule has 1 amide bonds. The monoisotopic (exact) mass is 410 g/mol. The van der Waals surface area contributed by atoms with Crippen LogP contribution < -0.4 is 10.1 Å². The Bertz CT molecular complexity index is 763. The fraction of sp³-hybridized carbons (Fsp3) is 0.250. The van der Waals surface area contributed by atoms with Gasteiger partial charge in [0.1, 0.15) is 10.9 Å². The first-order valence-electron chi connectivity index (χ1n) is 7.11. The van der Waals surface area contributed by atoms with Gasteiger partial charge in [0.2, 0.25) is 5.91 Å². The van der Waals surface area contributed by atoms with Crippen molar-refractivity contribution >= 4 is 45.2 Å². The van der Waals surface area contributed by atoms with E-state index in [-0.39, 0.29) is 5.91 Å². The number of halogens is 2. The second-order valence-electron chi connectivity index (χ2n) is 5.50. The average molecular weight is 412 g/mol. The van der Waals surface area contributed by atoms with E-state index in [1.165, 1.54) is 0 Å². The Morgan fingerprint density at radius 3 is 3.00 bits per heavy atom. The molecule has 0 bridgehead atoms. The lowest BCUT2D eigenvalue weighted by Crippen LogP contribution is -2.48. The molecule has 1 fully saturated rings. The molecule has 2 aromatic rings. The fourth-order valence-corrected chi connectivity index (χ4v) is 4.52. The van der Waals surface area contributed by atoms with Crippen LogP contribution in [0.4, 0.5) is 0 Å². The molecule has 1 spiro atoms. The molecular weight excluding hydrogens is 400 g/mol. The number of pyridine rings is 1. The van der Waals surface area contributed by atoms with Crippen LogP contribution in [-0.2, 0) is 10.3 Å². The maximum Gasteiger partial charge on any atom is 0.230 e. The van der Waals surface area contributed by atoms with E-state index in [0.717, 1.165) is 33.5 Å². The lowest BCUT2D eigenvalue weighted by molar-refractivity contribution is -0.120. The van der Waals surface area contributed by atoms with E-state index in [1.807, 2.05) is 18.2 Å². The Balaban J connectivity index is 2.00. The van der Waals surface area contributed by atoms with Crippen molar-refractivity contribution in [3.8, 4) is 11.5 Å². The summed E-state index contributed by atoms with van der Waals surface area (Å²) in [5.41, 5.74) is 1.16. The molecule has 1 N–H and O–H groups in total. The van der Waals surface area contributed by atoms with Crippen LogP contribution in [0.3, 0.4) is 0 Å². The van der Waals surface area contributed by atoms with Gasteiger partial charge in [-0.1, -0.05) is 27.5 Å². The number of carbonyl (C=O) groups excluding carboxylic acids is 1. The molecule has 2 aliphatic rings. The summed E-state index contributed by atoms with van der Waals surface area (Å²) >= 11 is 11.3. The highest BCUT2D eigenvalue weighted by Crippen LogP contribution is 2.50. The maximum absolute atomic E-state index is 12.3. The van der Waals surface area contributed by atoms with Gasteiger partial charge < -0.3 is 10.1 Å². The lowest BCUT2D eigenvalue weighted by Gasteiger charge is -2.40. The van der Waals surface area contributed by atoms with Crippen LogP contribution in [0.25, 0.3) is 0 Å². The summed E-state index contributed by atoms with van der Waals surface area (Å²) in [5.74, 6) is 2.71. The molecule has 1 aromatic carbocycles. The van der Waals surface area contributed by atoms with E-state index in [9.17, 15) is 4.79 Å². The summed E-state index contributed by atoms with van der Waals surface area (Å²) in [6, 6.07) is 7.62. The molecule has 0 saturated carbocycles. The summed E-state index contributed by atoms with van der Waals surface area (Å²) in [7, 11) is 0. The summed E-state index contributed by atoms with van der Waals surface area (Å²) in [4.78, 5) is 16.4. The first-order chi connectivity index (χ1) is 11.1. The molecule has 7 heteroatoms. The van der Waals surface area contributed by atoms with Gasteiger partial charge in [0.15, 0.2) is 5.75 Å². The molecule has 23 heavy (non-hydrogen) atoms. The van der Waals surface area contributed by atoms with Gasteiger partial charge in [0.25, 0.3) is 0 Å². The minimum absolute atomic E-state index is 0.0132. The van der Waals surface area contributed by atoms with Crippen molar-refractivity contribution in [1.29, 1.82) is 0 Å². The molecule has 4 nitrogen and oxygen atoms in total. The van der Waals surface area contributed by atoms with Crippen molar-refractivity contribution in [3.63, 3.8) is 0 Å². The number of benzene rings is 1. The van der Waals surface area contributed by atoms with Gasteiger partial charge in [0.05, 0.1) is 17.5 Å². The van der Waals surface area contributed by atoms with Crippen LogP contribution in [0.15, 0.2) is 34.9 Å². The zero-order valence-corrected chi connectivity index (χ0v) is 15.1. The average Bonchev–Trinajstić information content (AvgIpc) is 2.72. The van der Waals surface area contributed by atoms with Crippen LogP contribution in [0, 0.1) is 0 Å². The van der Waals surface area contributed by atoms with Gasteiger partial charge in [-0.15, -0.1) is 0 Å². The van der Waals surface area contributed by atoms with Crippen molar-refractivity contribution < 1.29 is 9.53 Å². The molecule has 1 aromatic heterocycles. The number of thioether (sulfide) groups is 1. The highest BCUT2D eigenvalue weighted by molar-refractivity contribution is 9.10. The normalized spacial score (nSPS) is 22.6. The summed E-state index contributed by atoms with van der Waals surface area (Å²) < 4.78 is 6.93. The van der Waals surface area contributed by atoms with Crippen LogP contribution in [0.5, 0.6) is 11.5 Å². The maximum atomic E-state index is 12.3. The predicted molar refractivity (Wildman–Crippen MR) is 94.3 cm³/mol. The van der Waals surface area contributed by atoms with Crippen molar-refractivity contribution in [1.82, 2.24) is 10.3 Å². The zero-order valence-electron chi connectivity index (χ0n) is 11.9. The smallest absolute Gasteiger partial charge is 0.230 e. The topological polar surface area (TPSA) is 51.2 Å². The number of rotatable bonds is 0. The van der Waals surface area contributed by atoms with Crippen molar-refractivity contribution in [2.24, 2.45) is 0 Å². The fourth-order valence-electron chi connectivity index (χ4n) is 3.15. The number of aromatic nitrogens is 1. The molecule has 1 atom stereocenters. The van der Waals surface area contributed by atoms with Gasteiger partial charge in [0, 0.05) is 15.6 Å². The predicted octanol–water partition coefficient (Wildman–Crippen LogP) is 4.10. The third-order valence-corrected chi connectivity index (χ3v) is 5.78. The number of hydrogen-bond donors (Lipinski definition) is 1. The SMILES string of the molecule is O=C1CSCC[C@]2(N1)c1cc(Br)ccc1Oc1cnc(Cl)cc12. The van der Waals surface area contributed by atoms with Gasteiger partial charge in [-0.05, 0) is 36.4 Å². The zero-order chi connectivity index (χ0) is 16.0. The number of fused-ring (bicyclic) bond motifs is 4. The molecule has 2 aliphatic heterocycles. The Hall–Kier alpha value is -1.24. The van der Waals surface area contributed by atoms with E-state index < -0.39 is 5.54 Å². The van der Waals surface area contributed by atoms with Crippen LogP contribution in [0.2, 0.25) is 5.15 Å². The molecule has 3 heterocycles. The lowest BCUT2D eigenvalue weighted by atomic mass is 9.78. The second-order valence-corrected chi connectivity index (χ2v) is 7.91. The number of amides is 1. The summed E-state index contributed by atoms with van der Waals surface area (Å²) in [5, 5.41) is 3.60. The number of nitrogens with zero attached hydrogens (tertiary/aromatic N) is 1. The van der Waals surface area contributed by atoms with Gasteiger partial charge in [-0.3, -0.25) is 4.79 Å². The Labute approximate surface area is 151 Å². The molecule has 0 aliphatic carbocycles. The van der Waals surface area contributed by atoms with Crippen LogP contribution in [0.1, 0.15) is 17.5 Å². The van der Waals surface area contributed by atoms with Crippen molar-refractivity contribution in [2.75, 3.05) is 11.5 Å². The van der Waals surface area contributed by atoms with E-state index in [0.29, 0.717) is 16.7 Å². The van der Waals surface area contributed by atoms with Gasteiger partial charge >= 0.3 is 0 Å². The highest BCUT2D eigenvalue weighted by atomic mass is 79.9. The second kappa shape index (κ2) is 5.69. The number of hydrogen-bond acceptors (Lipinski definition) is 4. The van der Waals surface area contributed by atoms with E-state index in [4.69, 9.17) is 16.3 Å². The van der Waals surface area contributed by atoms with E-state index in [2.05, 4.69) is 26.2 Å². The quantitative estimate of drug-likeness (QED) is 0.663. The van der Waals surface area contributed by atoms with E-state index >= 15 is 0 Å². The first-order valence-corrected chi connectivity index (χ1v) is 9.44. The Morgan fingerprint density at radius 1 is 1.30 bits per heavy atom. The third-order valence-electron chi connectivity index (χ3n) is 4.12. The molecule has 0 unspecified atom stereocenters. The van der Waals surface area contributed by atoms with Crippen LogP contribution in [-0.4, -0.2) is 22.4 Å². The number of ether oxygens (including phenoxy) is 1. The highest BCUT2D eigenvalue weighted by Gasteiger charge is 2.44. The largest absolute Gasteiger partial charge is 0.455 e. The summed E-state index contributed by atoms with van der Waals surface area (Å²) in [6.45, 7) is 0. The number of carbonyl (C=O) groups is 1. The number of nitrogens with one attached hydrogen (secondary N) is 1. The van der Waals surface area contributed by atoms with Crippen molar-refractivity contribution in [2.45, 2.75) is 12.0 Å². The summed E-state index contributed by atoms with van der Waals surface area (Å²) in [6.07, 6.45) is 2.39. The molecule has 0 radical (unpaired) electrons. The van der Waals surface area contributed by atoms with E-state index in [1.54, 1.807) is 24.0 Å². The molecule has 118 valence electrons. The van der Waals surface area contributed by atoms with Crippen molar-refractivity contribution in [3.05, 3.63) is 51.2 Å². The third kappa shape index (κ3) is 2.53. The molecular formula is C16H12BrClN2O2S. The minimum atomic E-state index is -0.639. The Kier molecular flexibility index (Phi) is 3.78. The first kappa shape index (κ1) is 15.3.